The summed E-state index contributed by atoms with van der Waals surface area (Å²) in [4.78, 5) is 29.4. The van der Waals surface area contributed by atoms with Gasteiger partial charge in [0.2, 0.25) is 17.2 Å². The molecule has 0 saturated heterocycles. The van der Waals surface area contributed by atoms with Crippen LogP contribution >= 0.6 is 7.60 Å². The van der Waals surface area contributed by atoms with E-state index >= 15 is 0 Å². The Morgan fingerprint density at radius 1 is 1.03 bits per heavy atom. The molecule has 4 aromatic rings. The number of hydrazine groups is 1. The molecule has 0 aliphatic heterocycles. The number of anilines is 1. The minimum Gasteiger partial charge on any atom is -0.451 e. The Morgan fingerprint density at radius 2 is 1.71 bits per heavy atom. The minimum absolute atomic E-state index is 0.0953. The van der Waals surface area contributed by atoms with Gasteiger partial charge < -0.3 is 17.9 Å². The zero-order chi connectivity index (χ0) is 25.0. The monoisotopic (exact) mass is 497 g/mol. The molecule has 2 N–H and O–H groups in total. The fourth-order valence-corrected chi connectivity index (χ4v) is 4.85. The highest BCUT2D eigenvalue weighted by atomic mass is 31.2. The smallest absolute Gasteiger partial charge is 0.385 e. The standard InChI is InChI=1S/C24H24N3O7P/c1-4-31-35(30,32-5-2)24-23(34-22(25-24)16-12-10-15(3)11-13-16)27-26-21(29)20-14-18(28)17-8-6-7-9-19(17)33-20/h6-14,27H,4-5H2,1-3H3,(H,26,29). The van der Waals surface area contributed by atoms with E-state index in [4.69, 9.17) is 17.9 Å². The van der Waals surface area contributed by atoms with E-state index in [1.165, 1.54) is 0 Å². The van der Waals surface area contributed by atoms with Crippen molar-refractivity contribution in [3.05, 3.63) is 76.1 Å². The highest BCUT2D eigenvalue weighted by molar-refractivity contribution is 7.62. The van der Waals surface area contributed by atoms with E-state index in [1.54, 1.807) is 50.2 Å². The van der Waals surface area contributed by atoms with Gasteiger partial charge in [0.25, 0.3) is 0 Å². The van der Waals surface area contributed by atoms with Gasteiger partial charge in [-0.1, -0.05) is 29.8 Å². The van der Waals surface area contributed by atoms with Gasteiger partial charge in [-0.15, -0.1) is 0 Å². The van der Waals surface area contributed by atoms with Crippen LogP contribution in [0.5, 0.6) is 0 Å². The Bertz CT molecular complexity index is 1450. The number of rotatable bonds is 9. The second kappa shape index (κ2) is 10.3. The number of para-hydroxylation sites is 1. The Hall–Kier alpha value is -3.72. The van der Waals surface area contributed by atoms with Crippen LogP contribution in [-0.2, 0) is 13.6 Å². The maximum atomic E-state index is 13.5. The van der Waals surface area contributed by atoms with Crippen molar-refractivity contribution in [1.82, 2.24) is 10.4 Å². The summed E-state index contributed by atoms with van der Waals surface area (Å²) < 4.78 is 35.6. The maximum Gasteiger partial charge on any atom is 0.385 e. The summed E-state index contributed by atoms with van der Waals surface area (Å²) in [5.41, 5.74) is 6.41. The van der Waals surface area contributed by atoms with Crippen LogP contribution in [0, 0.1) is 6.92 Å². The van der Waals surface area contributed by atoms with Crippen molar-refractivity contribution in [3.63, 3.8) is 0 Å². The summed E-state index contributed by atoms with van der Waals surface area (Å²) >= 11 is 0. The fourth-order valence-electron chi connectivity index (χ4n) is 3.29. The number of benzene rings is 2. The summed E-state index contributed by atoms with van der Waals surface area (Å²) in [5.74, 6) is -0.968. The predicted octanol–water partition coefficient (Wildman–Crippen LogP) is 4.40. The summed E-state index contributed by atoms with van der Waals surface area (Å²) in [6.07, 6.45) is 0. The largest absolute Gasteiger partial charge is 0.451 e. The van der Waals surface area contributed by atoms with E-state index in [0.29, 0.717) is 10.9 Å². The van der Waals surface area contributed by atoms with Crippen LogP contribution in [-0.4, -0.2) is 24.1 Å². The molecule has 35 heavy (non-hydrogen) atoms. The number of carbonyl (C=O) groups excluding carboxylic acids is 1. The summed E-state index contributed by atoms with van der Waals surface area (Å²) in [6, 6.07) is 15.0. The quantitative estimate of drug-likeness (QED) is 0.255. The lowest BCUT2D eigenvalue weighted by atomic mass is 10.1. The fraction of sp³-hybridized carbons (Fsp3) is 0.208. The van der Waals surface area contributed by atoms with E-state index in [2.05, 4.69) is 15.8 Å². The van der Waals surface area contributed by atoms with Crippen molar-refractivity contribution in [2.24, 2.45) is 0 Å². The summed E-state index contributed by atoms with van der Waals surface area (Å²) in [7, 11) is -3.88. The highest BCUT2D eigenvalue weighted by Crippen LogP contribution is 2.49. The lowest BCUT2D eigenvalue weighted by Gasteiger charge is -2.15. The molecule has 11 heteroatoms. The maximum absolute atomic E-state index is 13.5. The molecule has 1 amide bonds. The van der Waals surface area contributed by atoms with Gasteiger partial charge in [-0.05, 0) is 45.0 Å². The lowest BCUT2D eigenvalue weighted by Crippen LogP contribution is -2.32. The summed E-state index contributed by atoms with van der Waals surface area (Å²) in [5, 5.41) is 0.353. The Labute approximate surface area is 200 Å². The van der Waals surface area contributed by atoms with E-state index < -0.39 is 13.5 Å². The molecule has 4 rings (SSSR count). The second-order valence-corrected chi connectivity index (χ2v) is 9.36. The Kier molecular flexibility index (Phi) is 7.16. The second-order valence-electron chi connectivity index (χ2n) is 7.42. The molecule has 0 radical (unpaired) electrons. The zero-order valence-electron chi connectivity index (χ0n) is 19.4. The van der Waals surface area contributed by atoms with Gasteiger partial charge in [0, 0.05) is 11.6 Å². The van der Waals surface area contributed by atoms with Crippen molar-refractivity contribution in [1.29, 1.82) is 0 Å². The van der Waals surface area contributed by atoms with Crippen LogP contribution in [0.4, 0.5) is 5.88 Å². The number of aromatic nitrogens is 1. The van der Waals surface area contributed by atoms with E-state index in [0.717, 1.165) is 11.6 Å². The number of carbonyl (C=O) groups is 1. The molecular weight excluding hydrogens is 473 g/mol. The first kappa shape index (κ1) is 24.4. The van der Waals surface area contributed by atoms with E-state index in [9.17, 15) is 14.2 Å². The van der Waals surface area contributed by atoms with Crippen LogP contribution in [0.25, 0.3) is 22.4 Å². The number of hydrogen-bond donors (Lipinski definition) is 2. The van der Waals surface area contributed by atoms with Gasteiger partial charge in [0.1, 0.15) is 5.58 Å². The molecule has 0 unspecified atom stereocenters. The number of fused-ring (bicyclic) bond motifs is 1. The molecular formula is C24H24N3O7P. The van der Waals surface area contributed by atoms with Crippen LogP contribution in [0.1, 0.15) is 30.0 Å². The van der Waals surface area contributed by atoms with Crippen LogP contribution in [0.2, 0.25) is 0 Å². The Balaban J connectivity index is 1.67. The number of amides is 1. The SMILES string of the molecule is CCOP(=O)(OCC)c1nc(-c2ccc(C)cc2)oc1NNC(=O)c1cc(=O)c2ccccc2o1. The number of oxazole rings is 1. The Morgan fingerprint density at radius 3 is 2.40 bits per heavy atom. The predicted molar refractivity (Wildman–Crippen MR) is 131 cm³/mol. The van der Waals surface area contributed by atoms with Crippen molar-refractivity contribution >= 4 is 35.8 Å². The van der Waals surface area contributed by atoms with Crippen LogP contribution < -0.4 is 21.7 Å². The molecule has 0 atom stereocenters. The van der Waals surface area contributed by atoms with E-state index in [1.807, 2.05) is 19.1 Å². The third-order valence-corrected chi connectivity index (χ3v) is 6.93. The number of aryl methyl sites for hydroxylation is 1. The first-order chi connectivity index (χ1) is 16.8. The van der Waals surface area contributed by atoms with Gasteiger partial charge in [0.15, 0.2) is 11.2 Å². The molecule has 2 heterocycles. The minimum atomic E-state index is -3.88. The molecule has 0 saturated carbocycles. The number of nitrogens with one attached hydrogen (secondary N) is 2. The molecule has 0 aliphatic rings. The topological polar surface area (TPSA) is 133 Å². The number of nitrogens with zero attached hydrogens (tertiary/aromatic N) is 1. The van der Waals surface area contributed by atoms with Gasteiger partial charge in [-0.2, -0.15) is 4.98 Å². The third-order valence-electron chi connectivity index (χ3n) is 4.91. The average molecular weight is 497 g/mol. The molecule has 0 aliphatic carbocycles. The lowest BCUT2D eigenvalue weighted by molar-refractivity contribution is 0.0934. The highest BCUT2D eigenvalue weighted by Gasteiger charge is 2.36. The first-order valence-electron chi connectivity index (χ1n) is 10.9. The molecule has 2 aromatic heterocycles. The van der Waals surface area contributed by atoms with Crippen molar-refractivity contribution in [2.45, 2.75) is 20.8 Å². The molecule has 0 spiro atoms. The average Bonchev–Trinajstić information content (AvgIpc) is 3.28. The van der Waals surface area contributed by atoms with Gasteiger partial charge >= 0.3 is 13.5 Å². The van der Waals surface area contributed by atoms with Crippen molar-refractivity contribution < 1.29 is 27.2 Å². The van der Waals surface area contributed by atoms with Gasteiger partial charge in [0.05, 0.1) is 18.6 Å². The van der Waals surface area contributed by atoms with Crippen LogP contribution in [0.15, 0.2) is 68.2 Å². The third kappa shape index (κ3) is 5.19. The molecule has 0 fully saturated rings. The van der Waals surface area contributed by atoms with Crippen molar-refractivity contribution in [2.75, 3.05) is 18.6 Å². The molecule has 10 nitrogen and oxygen atoms in total. The zero-order valence-corrected chi connectivity index (χ0v) is 20.3. The molecule has 2 aromatic carbocycles. The van der Waals surface area contributed by atoms with Crippen LogP contribution in [0.3, 0.4) is 0 Å². The van der Waals surface area contributed by atoms with E-state index in [-0.39, 0.29) is 47.2 Å². The first-order valence-corrected chi connectivity index (χ1v) is 12.5. The summed E-state index contributed by atoms with van der Waals surface area (Å²) in [6.45, 7) is 5.47. The molecule has 0 bridgehead atoms. The van der Waals surface area contributed by atoms with Gasteiger partial charge in [-0.25, -0.2) is 0 Å². The van der Waals surface area contributed by atoms with Crippen molar-refractivity contribution in [3.8, 4) is 11.5 Å². The normalized spacial score (nSPS) is 11.5. The number of hydrogen-bond acceptors (Lipinski definition) is 9. The van der Waals surface area contributed by atoms with Gasteiger partial charge in [-0.3, -0.25) is 25.0 Å². The molecule has 182 valence electrons.